The molecule has 1 atom stereocenters. The van der Waals surface area contributed by atoms with Crippen molar-refractivity contribution in [2.75, 3.05) is 0 Å². The first kappa shape index (κ1) is 17.5. The lowest BCUT2D eigenvalue weighted by Gasteiger charge is -2.37. The lowest BCUT2D eigenvalue weighted by atomic mass is 10.0. The summed E-state index contributed by atoms with van der Waals surface area (Å²) < 4.78 is 10.4. The third-order valence-corrected chi connectivity index (χ3v) is 9.14. The molecule has 37 heavy (non-hydrogen) atoms. The minimum absolute atomic E-state index is 0.613. The summed E-state index contributed by atoms with van der Waals surface area (Å²) in [5.74, 6) is -0.613. The van der Waals surface area contributed by atoms with Crippen LogP contribution in [0.25, 0.3) is 40.4 Å². The number of hydrogen-bond donors (Lipinski definition) is 0. The molecule has 4 heteroatoms. The summed E-state index contributed by atoms with van der Waals surface area (Å²) in [4.78, 5) is 0. The number of nitrogens with zero attached hydrogens (tertiary/aromatic N) is 4. The molecule has 2 aromatic heterocycles. The summed E-state index contributed by atoms with van der Waals surface area (Å²) in [7, 11) is 0. The van der Waals surface area contributed by atoms with E-state index in [4.69, 9.17) is 0 Å². The zero-order valence-corrected chi connectivity index (χ0v) is 19.7. The number of fused-ring (bicyclic) bond motifs is 9. The van der Waals surface area contributed by atoms with E-state index in [0.29, 0.717) is 0 Å². The van der Waals surface area contributed by atoms with Crippen LogP contribution in [-0.2, 0) is 5.91 Å². The van der Waals surface area contributed by atoms with Crippen LogP contribution >= 0.6 is 0 Å². The van der Waals surface area contributed by atoms with Crippen molar-refractivity contribution in [1.29, 1.82) is 0 Å². The molecule has 11 rings (SSSR count). The monoisotopic (exact) mass is 470 g/mol. The number of benzene rings is 3. The molecule has 0 amide bonds. The van der Waals surface area contributed by atoms with Crippen LogP contribution in [0.3, 0.4) is 0 Å². The Morgan fingerprint density at radius 3 is 1.65 bits per heavy atom. The predicted octanol–water partition coefficient (Wildman–Crippen LogP) is 3.69. The van der Waals surface area contributed by atoms with Crippen LogP contribution in [-0.4, -0.2) is 29.7 Å². The fourth-order valence-electron chi connectivity index (χ4n) is 7.90. The Morgan fingerprint density at radius 2 is 0.973 bits per heavy atom. The largest absolute Gasteiger partial charge is 0.553 e. The Hall–Kier alpha value is -4.96. The van der Waals surface area contributed by atoms with E-state index in [1.165, 1.54) is 77.9 Å². The van der Waals surface area contributed by atoms with E-state index in [1.54, 1.807) is 0 Å². The van der Waals surface area contributed by atoms with E-state index in [0.717, 1.165) is 0 Å². The van der Waals surface area contributed by atoms with Gasteiger partial charge in [0.15, 0.2) is 0 Å². The van der Waals surface area contributed by atoms with Gasteiger partial charge >= 0.3 is 5.91 Å². The molecule has 0 aliphatic carbocycles. The number of allylic oxidation sites excluding steroid dienone is 1. The van der Waals surface area contributed by atoms with Gasteiger partial charge in [0.05, 0.1) is 50.4 Å². The fraction of sp³-hybridized carbons (Fsp3) is 0.0303. The standard InChI is InChI=1S/C33H18N4/c1-3-9-23-21(7-1)27-15-19-13-14-20-16-28-22-8-2-4-10-24(22)30-18-32-26-12-6-5-11-25(26)31-17-29(23)35(27)33(34(19)20,36(28)30)37(31)32/h1-18H/q+2. The average Bonchev–Trinajstić information content (AvgIpc) is 3.68. The molecule has 1 unspecified atom stereocenters. The van der Waals surface area contributed by atoms with Crippen molar-refractivity contribution in [2.45, 2.75) is 5.91 Å². The van der Waals surface area contributed by atoms with Gasteiger partial charge in [-0.15, -0.1) is 0 Å². The highest BCUT2D eigenvalue weighted by Gasteiger charge is 2.72. The first-order chi connectivity index (χ1) is 18.4. The quantitative estimate of drug-likeness (QED) is 0.307. The maximum Gasteiger partial charge on any atom is 0.553 e. The molecule has 0 radical (unpaired) electrons. The van der Waals surface area contributed by atoms with Gasteiger partial charge < -0.3 is 0 Å². The first-order valence-corrected chi connectivity index (χ1v) is 12.9. The van der Waals surface area contributed by atoms with Gasteiger partial charge in [0, 0.05) is 22.9 Å². The smallest absolute Gasteiger partial charge is 0.199 e. The van der Waals surface area contributed by atoms with Gasteiger partial charge in [0.1, 0.15) is 0 Å². The van der Waals surface area contributed by atoms with Gasteiger partial charge in [-0.2, -0.15) is 9.13 Å². The molecule has 6 aliphatic rings. The van der Waals surface area contributed by atoms with E-state index in [-0.39, 0.29) is 0 Å². The molecule has 3 aromatic carbocycles. The third-order valence-electron chi connectivity index (χ3n) is 9.14. The zero-order chi connectivity index (χ0) is 23.6. The minimum atomic E-state index is -0.613. The van der Waals surface area contributed by atoms with Crippen molar-refractivity contribution in [3.05, 3.63) is 135 Å². The van der Waals surface area contributed by atoms with Gasteiger partial charge in [-0.1, -0.05) is 57.7 Å². The highest BCUT2D eigenvalue weighted by atomic mass is 15.6. The van der Waals surface area contributed by atoms with Crippen LogP contribution in [0.2, 0.25) is 0 Å². The maximum absolute atomic E-state index is 2.61. The van der Waals surface area contributed by atoms with E-state index in [2.05, 4.69) is 128 Å². The molecule has 0 bridgehead atoms. The van der Waals surface area contributed by atoms with Gasteiger partial charge in [-0.05, 0) is 42.5 Å². The molecule has 0 saturated heterocycles. The van der Waals surface area contributed by atoms with Crippen molar-refractivity contribution >= 4 is 51.8 Å². The molecule has 6 aliphatic heterocycles. The zero-order valence-electron chi connectivity index (χ0n) is 19.7. The van der Waals surface area contributed by atoms with E-state index in [1.807, 2.05) is 0 Å². The fourth-order valence-corrected chi connectivity index (χ4v) is 7.90. The van der Waals surface area contributed by atoms with Gasteiger partial charge in [-0.25, -0.2) is 0 Å². The summed E-state index contributed by atoms with van der Waals surface area (Å²) in [5.41, 5.74) is 12.8. The van der Waals surface area contributed by atoms with Crippen LogP contribution in [0, 0.1) is 0 Å². The molecule has 0 N–H and O–H groups in total. The minimum Gasteiger partial charge on any atom is -0.199 e. The molecule has 0 saturated carbocycles. The van der Waals surface area contributed by atoms with Gasteiger partial charge in [0.2, 0.25) is 22.8 Å². The van der Waals surface area contributed by atoms with E-state index < -0.39 is 5.91 Å². The molecule has 0 fully saturated rings. The van der Waals surface area contributed by atoms with Gasteiger partial charge in [-0.3, -0.25) is 0 Å². The first-order valence-electron chi connectivity index (χ1n) is 12.9. The summed E-state index contributed by atoms with van der Waals surface area (Å²) >= 11 is 0. The highest BCUT2D eigenvalue weighted by Crippen LogP contribution is 2.51. The topological polar surface area (TPSA) is 15.9 Å². The maximum atomic E-state index is 2.61. The Kier molecular flexibility index (Phi) is 2.48. The van der Waals surface area contributed by atoms with Crippen molar-refractivity contribution < 1.29 is 9.15 Å². The summed E-state index contributed by atoms with van der Waals surface area (Å²) in [6.07, 6.45) is 9.60. The molecular weight excluding hydrogens is 452 g/mol. The lowest BCUT2D eigenvalue weighted by molar-refractivity contribution is -0.807. The molecule has 168 valence electrons. The average molecular weight is 471 g/mol. The van der Waals surface area contributed by atoms with Crippen molar-refractivity contribution in [3.63, 3.8) is 0 Å². The molecule has 5 aromatic rings. The Morgan fingerprint density at radius 1 is 0.459 bits per heavy atom. The summed E-state index contributed by atoms with van der Waals surface area (Å²) in [6.45, 7) is 0. The highest BCUT2D eigenvalue weighted by molar-refractivity contribution is 6.25. The van der Waals surface area contributed by atoms with Crippen LogP contribution in [0.1, 0.15) is 33.6 Å². The Labute approximate surface area is 211 Å². The second-order valence-corrected chi connectivity index (χ2v) is 10.7. The number of rotatable bonds is 0. The van der Waals surface area contributed by atoms with Gasteiger partial charge in [0.25, 0.3) is 0 Å². The summed E-state index contributed by atoms with van der Waals surface area (Å²) in [6, 6.07) is 31.3. The second-order valence-electron chi connectivity index (χ2n) is 10.7. The molecule has 8 heterocycles. The lowest BCUT2D eigenvalue weighted by Crippen LogP contribution is -2.69. The SMILES string of the molecule is C1=C2c3ccccc3C3=[N+]2C24n5c(ccc5C=c5c6ccccc6c(n52)=C3)C=C2c3ccccc3C1=[N+]24. The van der Waals surface area contributed by atoms with Crippen LogP contribution in [0.5, 0.6) is 0 Å². The Balaban J connectivity index is 1.49. The van der Waals surface area contributed by atoms with Crippen LogP contribution in [0.4, 0.5) is 0 Å². The predicted molar refractivity (Wildman–Crippen MR) is 144 cm³/mol. The van der Waals surface area contributed by atoms with Crippen molar-refractivity contribution in [1.82, 2.24) is 9.13 Å². The van der Waals surface area contributed by atoms with Crippen molar-refractivity contribution in [3.8, 4) is 0 Å². The second kappa shape index (κ2) is 5.25. The molecule has 1 spiro atoms. The van der Waals surface area contributed by atoms with Crippen LogP contribution in [0.15, 0.2) is 91.0 Å². The summed E-state index contributed by atoms with van der Waals surface area (Å²) in [5, 5.41) is 5.15. The van der Waals surface area contributed by atoms with E-state index in [9.17, 15) is 0 Å². The van der Waals surface area contributed by atoms with Crippen LogP contribution < -0.4 is 10.7 Å². The number of hydrogen-bond acceptors (Lipinski definition) is 0. The molecular formula is C33H18N4+2. The van der Waals surface area contributed by atoms with Crippen molar-refractivity contribution in [2.24, 2.45) is 0 Å². The Bertz CT molecular complexity index is 2300. The third kappa shape index (κ3) is 1.57. The molecule has 4 nitrogen and oxygen atoms in total. The normalized spacial score (nSPS) is 21.6. The number of aromatic nitrogens is 2. The van der Waals surface area contributed by atoms with E-state index >= 15 is 0 Å².